The molecule has 1 fully saturated rings. The summed E-state index contributed by atoms with van der Waals surface area (Å²) in [7, 11) is 0. The molecule has 5 heterocycles. The van der Waals surface area contributed by atoms with Gasteiger partial charge in [-0.05, 0) is 41.2 Å². The Bertz CT molecular complexity index is 3380. The lowest BCUT2D eigenvalue weighted by Crippen LogP contribution is -2.62. The van der Waals surface area contributed by atoms with E-state index in [0.717, 1.165) is 33.7 Å². The van der Waals surface area contributed by atoms with E-state index in [9.17, 15) is 77.6 Å². The lowest BCUT2D eigenvalue weighted by molar-refractivity contribution is -0.144. The van der Waals surface area contributed by atoms with Crippen LogP contribution in [0.4, 0.5) is 5.69 Å². The molecule has 13 amide bonds. The van der Waals surface area contributed by atoms with Gasteiger partial charge in [0, 0.05) is 91.6 Å². The number of amides is 13. The second-order valence-electron chi connectivity index (χ2n) is 24.0. The molecule has 3 aromatic rings. The lowest BCUT2D eigenvalue weighted by Gasteiger charge is -2.33. The van der Waals surface area contributed by atoms with Gasteiger partial charge in [-0.15, -0.1) is 11.8 Å². The van der Waals surface area contributed by atoms with E-state index in [2.05, 4.69) is 58.2 Å². The number of nitrogens with zero attached hydrogens (tertiary/aromatic N) is 2. The maximum Gasteiger partial charge on any atom is 0.253 e. The number of rotatable bonds is 19. The third-order valence-corrected chi connectivity index (χ3v) is 17.9. The summed E-state index contributed by atoms with van der Waals surface area (Å²) in [6.45, 7) is 6.56. The molecule has 4 aliphatic rings. The fourth-order valence-electron chi connectivity index (χ4n) is 11.0. The molecular weight excluding hydrogens is 1230 g/mol. The van der Waals surface area contributed by atoms with Crippen LogP contribution in [-0.4, -0.2) is 206 Å². The van der Waals surface area contributed by atoms with Crippen molar-refractivity contribution < 1.29 is 82.4 Å². The van der Waals surface area contributed by atoms with Crippen LogP contribution in [0.15, 0.2) is 65.7 Å². The highest BCUT2D eigenvalue weighted by atomic mass is 32.2. The molecule has 0 spiro atoms. The van der Waals surface area contributed by atoms with Crippen LogP contribution in [-0.2, 0) is 80.1 Å². The first kappa shape index (κ1) is 71.4. The third kappa shape index (κ3) is 18.8. The number of aromatic nitrogens is 1. The van der Waals surface area contributed by atoms with Gasteiger partial charge in [-0.3, -0.25) is 72.0 Å². The lowest BCUT2D eigenvalue weighted by atomic mass is 9.92. The Hall–Kier alpha value is -9.07. The highest BCUT2D eigenvalue weighted by Gasteiger charge is 2.45. The fourth-order valence-corrected chi connectivity index (χ4v) is 12.1. The first-order chi connectivity index (χ1) is 44.2. The zero-order chi connectivity index (χ0) is 68.0. The Morgan fingerprint density at radius 1 is 0.742 bits per heavy atom. The number of imide groups is 1. The molecule has 30 nitrogen and oxygen atoms in total. The molecular formula is C62H81N13O17S. The van der Waals surface area contributed by atoms with E-state index in [1.807, 2.05) is 0 Å². The number of nitrogens with one attached hydrogen (secondary N) is 11. The van der Waals surface area contributed by atoms with Gasteiger partial charge in [0.15, 0.2) is 5.78 Å². The second kappa shape index (κ2) is 32.5. The number of thioether (sulfide) groups is 1. The van der Waals surface area contributed by atoms with Gasteiger partial charge in [0.2, 0.25) is 65.0 Å². The Kier molecular flexibility index (Phi) is 24.9. The number of anilines is 1. The number of aromatic amines is 1. The molecule has 0 unspecified atom stereocenters. The molecule has 14 N–H and O–H groups in total. The van der Waals surface area contributed by atoms with Gasteiger partial charge in [0.05, 0.1) is 49.4 Å². The normalized spacial score (nSPS) is 23.8. The molecule has 502 valence electrons. The van der Waals surface area contributed by atoms with Crippen molar-refractivity contribution >= 4 is 111 Å². The van der Waals surface area contributed by atoms with Gasteiger partial charge >= 0.3 is 0 Å². The summed E-state index contributed by atoms with van der Waals surface area (Å²) in [4.78, 5) is 197. The van der Waals surface area contributed by atoms with Crippen LogP contribution in [0.5, 0.6) is 0 Å². The smallest absolute Gasteiger partial charge is 0.253 e. The molecule has 0 aliphatic carbocycles. The van der Waals surface area contributed by atoms with Crippen LogP contribution in [0.3, 0.4) is 0 Å². The number of carbonyl (C=O) groups excluding carboxylic acids is 14. The van der Waals surface area contributed by atoms with Crippen molar-refractivity contribution in [3.05, 3.63) is 71.8 Å². The Labute approximate surface area is 539 Å². The van der Waals surface area contributed by atoms with Crippen molar-refractivity contribution in [1.82, 2.24) is 62.6 Å². The van der Waals surface area contributed by atoms with E-state index >= 15 is 4.79 Å². The summed E-state index contributed by atoms with van der Waals surface area (Å²) in [5.41, 5.74) is 1.75. The molecule has 2 bridgehead atoms. The molecule has 2 aromatic carbocycles. The Morgan fingerprint density at radius 3 is 2.08 bits per heavy atom. The summed E-state index contributed by atoms with van der Waals surface area (Å²) in [6, 6.07) is 2.54. The Balaban J connectivity index is 1.14. The van der Waals surface area contributed by atoms with Gasteiger partial charge in [0.1, 0.15) is 36.3 Å². The van der Waals surface area contributed by atoms with Gasteiger partial charge < -0.3 is 78.4 Å². The van der Waals surface area contributed by atoms with Crippen LogP contribution < -0.4 is 53.2 Å². The number of Topliss-reactive ketones (excluding diaryl/α,β-unsaturated/α-hetero) is 1. The average molecular weight is 1310 g/mol. The number of H-pyrrole nitrogens is 1. The first-order valence-electron chi connectivity index (χ1n) is 30.7. The third-order valence-electron chi connectivity index (χ3n) is 16.7. The predicted octanol–water partition coefficient (Wildman–Crippen LogP) is -2.82. The summed E-state index contributed by atoms with van der Waals surface area (Å²) < 4.78 is 0. The predicted molar refractivity (Wildman–Crippen MR) is 334 cm³/mol. The standard InChI is InChI=1S/C62H81N13O17S/c1-7-31(4)53-59(90)65-25-48(82)67-42-29-93-61-38(37-10-8-9-11-39(37)70-61)22-40(56(87)64-26-49(83)72-53)68-60(91)54(33(6)45(79)28-76)73-58(89)43-21-36(77)27-75(43)62(92)41(69-57(42)88)23-47(81)63-24-34-12-14-35(15-13-34)66-55(86)32(5)20-44(78)52(30(2)3)71-46(80)18-19-74-50(84)16-17-51(74)85/h8-17,30-33,36,40-43,45,52-54,70,76-77,79H,7,18-29H2,1-6H3,(H,63,81)(H,64,87)(H,65,90)(H,66,86)(H,67,82)(H,68,91)(H,69,88)(H,71,80)(H,72,83)(H,73,89)/t31-,32+,33-,36+,40-,41-,42-,43-,45-,52-,53-,54-/m0/s1. The zero-order valence-electron chi connectivity index (χ0n) is 52.3. The van der Waals surface area contributed by atoms with Gasteiger partial charge in [-0.2, -0.15) is 0 Å². The van der Waals surface area contributed by atoms with Crippen LogP contribution in [0.2, 0.25) is 0 Å². The minimum absolute atomic E-state index is 0.177. The molecule has 93 heavy (non-hydrogen) atoms. The second-order valence-corrected chi connectivity index (χ2v) is 25.1. The molecule has 1 saturated heterocycles. The number of aliphatic hydroxyl groups excluding tert-OH is 3. The minimum Gasteiger partial charge on any atom is -0.394 e. The number of benzene rings is 2. The molecule has 4 aliphatic heterocycles. The zero-order valence-corrected chi connectivity index (χ0v) is 53.1. The monoisotopic (exact) mass is 1310 g/mol. The number of hydrogen-bond donors (Lipinski definition) is 14. The van der Waals surface area contributed by atoms with Gasteiger partial charge in [-0.25, -0.2) is 0 Å². The Morgan fingerprint density at radius 2 is 1.41 bits per heavy atom. The van der Waals surface area contributed by atoms with Crippen molar-refractivity contribution in [3.8, 4) is 0 Å². The molecule has 12 atom stereocenters. The summed E-state index contributed by atoms with van der Waals surface area (Å²) in [5, 5.41) is 59.1. The molecule has 31 heteroatoms. The number of carbonyl (C=O) groups is 14. The molecule has 0 saturated carbocycles. The maximum atomic E-state index is 15.0. The number of ketones is 1. The van der Waals surface area contributed by atoms with Crippen molar-refractivity contribution in [2.45, 2.75) is 146 Å². The summed E-state index contributed by atoms with van der Waals surface area (Å²) in [6.07, 6.45) is -2.48. The molecule has 1 aromatic heterocycles. The highest BCUT2D eigenvalue weighted by molar-refractivity contribution is 7.99. The van der Waals surface area contributed by atoms with E-state index < -0.39 is 194 Å². The number of para-hydroxylation sites is 1. The topological polar surface area (TPSA) is 442 Å². The van der Waals surface area contributed by atoms with Crippen LogP contribution in [0, 0.1) is 23.7 Å². The summed E-state index contributed by atoms with van der Waals surface area (Å²) in [5.74, 6) is -14.4. The van der Waals surface area contributed by atoms with Crippen molar-refractivity contribution in [2.75, 3.05) is 43.9 Å². The first-order valence-corrected chi connectivity index (χ1v) is 31.7. The summed E-state index contributed by atoms with van der Waals surface area (Å²) >= 11 is 0.992. The number of aliphatic hydroxyl groups is 3. The number of fused-ring (bicyclic) bond motifs is 5. The molecule has 0 radical (unpaired) electrons. The SMILES string of the molecule is CC[C@H](C)[C@@H]1NC(=O)CNC(=O)[C@@H]2Cc3c([nH]c4ccccc34)SC[C@H](NC(=O)CNC1=O)C(=O)N[C@@H](CC(=O)NCc1ccc(NC(=O)[C@H](C)CC(=O)[C@@H](NC(=O)CCN3C(=O)C=CC3=O)C(C)C)cc1)C(=O)N1C[C@H](O)C[C@H]1C(=O)N[C@@H]([C@@H](C)[C@@H](O)CO)C(=O)N2. The fraction of sp³-hybridized carbons (Fsp3) is 0.516. The van der Waals surface area contributed by atoms with Crippen molar-refractivity contribution in [2.24, 2.45) is 23.7 Å². The van der Waals surface area contributed by atoms with E-state index in [-0.39, 0.29) is 44.0 Å². The van der Waals surface area contributed by atoms with Crippen LogP contribution >= 0.6 is 11.8 Å². The maximum absolute atomic E-state index is 15.0. The highest BCUT2D eigenvalue weighted by Crippen LogP contribution is 2.32. The van der Waals surface area contributed by atoms with E-state index in [0.29, 0.717) is 39.2 Å². The van der Waals surface area contributed by atoms with Gasteiger partial charge in [-0.1, -0.05) is 78.3 Å². The largest absolute Gasteiger partial charge is 0.394 e. The van der Waals surface area contributed by atoms with Crippen LogP contribution in [0.1, 0.15) is 84.8 Å². The van der Waals surface area contributed by atoms with E-state index in [4.69, 9.17) is 0 Å². The quantitative estimate of drug-likeness (QED) is 0.0538. The van der Waals surface area contributed by atoms with E-state index in [1.54, 1.807) is 64.1 Å². The number of hydrogen-bond acceptors (Lipinski definition) is 18. The van der Waals surface area contributed by atoms with Crippen molar-refractivity contribution in [1.29, 1.82) is 0 Å². The van der Waals surface area contributed by atoms with Gasteiger partial charge in [0.25, 0.3) is 11.8 Å². The molecule has 7 rings (SSSR count). The minimum atomic E-state index is -1.83. The van der Waals surface area contributed by atoms with Crippen molar-refractivity contribution in [3.63, 3.8) is 0 Å². The average Bonchev–Trinajstić information content (AvgIpc) is 1.70. The van der Waals surface area contributed by atoms with Crippen LogP contribution in [0.25, 0.3) is 10.9 Å². The van der Waals surface area contributed by atoms with E-state index in [1.165, 1.54) is 26.0 Å².